The molecule has 0 fully saturated rings. The fourth-order valence-electron chi connectivity index (χ4n) is 3.55. The van der Waals surface area contributed by atoms with E-state index in [-0.39, 0.29) is 58.9 Å². The van der Waals surface area contributed by atoms with Gasteiger partial charge in [0.25, 0.3) is 0 Å². The van der Waals surface area contributed by atoms with Gasteiger partial charge in [-0.1, -0.05) is 6.92 Å². The average Bonchev–Trinajstić information content (AvgIpc) is 2.94. The highest BCUT2D eigenvalue weighted by atomic mass is 16.6. The van der Waals surface area contributed by atoms with E-state index in [0.717, 1.165) is 0 Å². The molecular weight excluding hydrogens is 510 g/mol. The van der Waals surface area contributed by atoms with Gasteiger partial charge in [0.05, 0.1) is 24.7 Å². The molecule has 0 atom stereocenters. The van der Waals surface area contributed by atoms with Crippen molar-refractivity contribution in [2.45, 2.75) is 51.9 Å². The van der Waals surface area contributed by atoms with E-state index in [1.807, 2.05) is 42.8 Å². The molecule has 12 nitrogen and oxygen atoms in total. The number of hydrogen-bond acceptors (Lipinski definition) is 12. The summed E-state index contributed by atoms with van der Waals surface area (Å²) >= 11 is 0. The Balaban J connectivity index is 5.01. The zero-order chi connectivity index (χ0) is 29.5. The predicted molar refractivity (Wildman–Crippen MR) is 147 cm³/mol. The SMILES string of the molecule is CCC(COC(=O)CCN(C)CCCO)(COC(=O)CCN(C)CCCO)COC(=O)CCN(C)CCCO. The zero-order valence-corrected chi connectivity index (χ0v) is 24.6. The summed E-state index contributed by atoms with van der Waals surface area (Å²) < 4.78 is 16.6. The molecule has 0 bridgehead atoms. The van der Waals surface area contributed by atoms with E-state index >= 15 is 0 Å². The molecule has 3 N–H and O–H groups in total. The highest BCUT2D eigenvalue weighted by Gasteiger charge is 2.34. The van der Waals surface area contributed by atoms with E-state index in [2.05, 4.69) is 0 Å². The van der Waals surface area contributed by atoms with E-state index in [9.17, 15) is 14.4 Å². The number of aliphatic hydroxyl groups is 3. The second-order valence-electron chi connectivity index (χ2n) is 10.2. The maximum Gasteiger partial charge on any atom is 0.307 e. The third-order valence-electron chi connectivity index (χ3n) is 6.55. The van der Waals surface area contributed by atoms with Crippen molar-refractivity contribution in [3.63, 3.8) is 0 Å². The van der Waals surface area contributed by atoms with Gasteiger partial charge < -0.3 is 44.2 Å². The van der Waals surface area contributed by atoms with Gasteiger partial charge in [0.15, 0.2) is 0 Å². The normalized spacial score (nSPS) is 11.8. The number of aliphatic hydroxyl groups excluding tert-OH is 3. The third-order valence-corrected chi connectivity index (χ3v) is 6.55. The molecule has 0 radical (unpaired) electrons. The second kappa shape index (κ2) is 22.9. The van der Waals surface area contributed by atoms with Gasteiger partial charge in [0.1, 0.15) is 19.8 Å². The van der Waals surface area contributed by atoms with Gasteiger partial charge in [0.2, 0.25) is 0 Å². The van der Waals surface area contributed by atoms with Crippen molar-refractivity contribution in [2.24, 2.45) is 5.41 Å². The van der Waals surface area contributed by atoms with Crippen molar-refractivity contribution in [3.8, 4) is 0 Å². The molecule has 0 heterocycles. The number of ether oxygens (including phenoxy) is 3. The number of esters is 3. The Bertz CT molecular complexity index is 583. The highest BCUT2D eigenvalue weighted by Crippen LogP contribution is 2.25. The van der Waals surface area contributed by atoms with E-state index in [1.54, 1.807) is 0 Å². The molecule has 0 saturated carbocycles. The molecule has 0 rings (SSSR count). The smallest absolute Gasteiger partial charge is 0.307 e. The van der Waals surface area contributed by atoms with Gasteiger partial charge in [-0.2, -0.15) is 0 Å². The Morgan fingerprint density at radius 1 is 0.564 bits per heavy atom. The summed E-state index contributed by atoms with van der Waals surface area (Å²) in [7, 11) is 5.59. The van der Waals surface area contributed by atoms with Crippen LogP contribution in [0.4, 0.5) is 0 Å². The zero-order valence-electron chi connectivity index (χ0n) is 24.6. The lowest BCUT2D eigenvalue weighted by Gasteiger charge is -2.31. The van der Waals surface area contributed by atoms with E-state index in [1.165, 1.54) is 0 Å². The number of carbonyl (C=O) groups is 3. The summed E-state index contributed by atoms with van der Waals surface area (Å²) in [5, 5.41) is 26.8. The van der Waals surface area contributed by atoms with Crippen LogP contribution in [0.2, 0.25) is 0 Å². The fourth-order valence-corrected chi connectivity index (χ4v) is 3.55. The van der Waals surface area contributed by atoms with E-state index in [4.69, 9.17) is 29.5 Å². The standard InChI is InChI=1S/C27H53N3O9/c1-5-27(21-37-24(34)9-15-28(2)12-6-18-31,22-38-25(35)10-16-29(3)13-7-19-32)23-39-26(36)11-17-30(4)14-8-20-33/h31-33H,5-23H2,1-4H3. The summed E-state index contributed by atoms with van der Waals surface area (Å²) in [6.07, 6.45) is 2.82. The Morgan fingerprint density at radius 3 is 1.08 bits per heavy atom. The first-order chi connectivity index (χ1) is 18.6. The molecule has 0 spiro atoms. The Morgan fingerprint density at radius 2 is 0.846 bits per heavy atom. The Labute approximate surface area is 234 Å². The molecule has 0 unspecified atom stereocenters. The molecule has 0 aliphatic carbocycles. The van der Waals surface area contributed by atoms with Gasteiger partial charge in [-0.05, 0) is 46.8 Å². The largest absolute Gasteiger partial charge is 0.465 e. The molecule has 0 aliphatic rings. The van der Waals surface area contributed by atoms with Crippen LogP contribution in [0.25, 0.3) is 0 Å². The molecule has 230 valence electrons. The summed E-state index contributed by atoms with van der Waals surface area (Å²) in [6, 6.07) is 0. The third kappa shape index (κ3) is 19.8. The van der Waals surface area contributed by atoms with Crippen LogP contribution in [0, 0.1) is 5.41 Å². The van der Waals surface area contributed by atoms with E-state index < -0.39 is 23.3 Å². The number of rotatable bonds is 25. The molecular formula is C27H53N3O9. The van der Waals surface area contributed by atoms with Crippen molar-refractivity contribution in [2.75, 3.05) is 100 Å². The van der Waals surface area contributed by atoms with Crippen molar-refractivity contribution in [3.05, 3.63) is 0 Å². The first kappa shape index (κ1) is 37.2. The number of carbonyl (C=O) groups excluding carboxylic acids is 3. The van der Waals surface area contributed by atoms with Crippen LogP contribution in [-0.4, -0.2) is 148 Å². The maximum atomic E-state index is 12.4. The predicted octanol–water partition coefficient (Wildman–Crippen LogP) is 0.125. The Kier molecular flexibility index (Phi) is 21.9. The molecule has 0 aromatic carbocycles. The van der Waals surface area contributed by atoms with Gasteiger partial charge >= 0.3 is 17.9 Å². The van der Waals surface area contributed by atoms with Crippen LogP contribution >= 0.6 is 0 Å². The first-order valence-corrected chi connectivity index (χ1v) is 14.0. The maximum absolute atomic E-state index is 12.4. The summed E-state index contributed by atoms with van der Waals surface area (Å²) in [5.74, 6) is -1.22. The van der Waals surface area contributed by atoms with Gasteiger partial charge in [-0.3, -0.25) is 14.4 Å². The second-order valence-corrected chi connectivity index (χ2v) is 10.2. The van der Waals surface area contributed by atoms with Crippen LogP contribution in [0.3, 0.4) is 0 Å². The van der Waals surface area contributed by atoms with Crippen LogP contribution in [0.5, 0.6) is 0 Å². The van der Waals surface area contributed by atoms with E-state index in [0.29, 0.717) is 65.0 Å². The molecule has 0 aliphatic heterocycles. The van der Waals surface area contributed by atoms with Gasteiger partial charge in [-0.25, -0.2) is 0 Å². The first-order valence-electron chi connectivity index (χ1n) is 14.0. The highest BCUT2D eigenvalue weighted by molar-refractivity contribution is 5.70. The van der Waals surface area contributed by atoms with Crippen molar-refractivity contribution in [1.82, 2.24) is 14.7 Å². The lowest BCUT2D eigenvalue weighted by Crippen LogP contribution is -2.39. The minimum absolute atomic E-state index is 0.0595. The fraction of sp³-hybridized carbons (Fsp3) is 0.889. The lowest BCUT2D eigenvalue weighted by molar-refractivity contribution is -0.162. The minimum Gasteiger partial charge on any atom is -0.465 e. The summed E-state index contributed by atoms with van der Waals surface area (Å²) in [4.78, 5) is 43.1. The molecule has 0 saturated heterocycles. The molecule has 39 heavy (non-hydrogen) atoms. The minimum atomic E-state index is -0.880. The van der Waals surface area contributed by atoms with Crippen molar-refractivity contribution >= 4 is 17.9 Å². The van der Waals surface area contributed by atoms with Crippen molar-refractivity contribution < 1.29 is 43.9 Å². The van der Waals surface area contributed by atoms with Crippen LogP contribution < -0.4 is 0 Å². The lowest BCUT2D eigenvalue weighted by atomic mass is 9.88. The van der Waals surface area contributed by atoms with Gasteiger partial charge in [0, 0.05) is 59.1 Å². The van der Waals surface area contributed by atoms with Crippen LogP contribution in [0.15, 0.2) is 0 Å². The van der Waals surface area contributed by atoms with Crippen molar-refractivity contribution in [1.29, 1.82) is 0 Å². The van der Waals surface area contributed by atoms with Crippen LogP contribution in [-0.2, 0) is 28.6 Å². The molecule has 0 aromatic rings. The topological polar surface area (TPSA) is 149 Å². The quantitative estimate of drug-likeness (QED) is 0.102. The molecule has 0 amide bonds. The number of hydrogen-bond donors (Lipinski definition) is 3. The average molecular weight is 564 g/mol. The molecule has 12 heteroatoms. The number of nitrogens with zero attached hydrogens (tertiary/aromatic N) is 3. The summed E-state index contributed by atoms with van der Waals surface area (Å²) in [5.41, 5.74) is -0.880. The summed E-state index contributed by atoms with van der Waals surface area (Å²) in [6.45, 7) is 5.39. The molecule has 0 aromatic heterocycles. The Hall–Kier alpha value is -1.83. The van der Waals surface area contributed by atoms with Gasteiger partial charge in [-0.15, -0.1) is 0 Å². The monoisotopic (exact) mass is 563 g/mol. The van der Waals surface area contributed by atoms with Crippen LogP contribution in [0.1, 0.15) is 51.9 Å².